The summed E-state index contributed by atoms with van der Waals surface area (Å²) < 4.78 is 0. The summed E-state index contributed by atoms with van der Waals surface area (Å²) in [6, 6.07) is 0. The molecule has 0 fully saturated rings. The van der Waals surface area contributed by atoms with Gasteiger partial charge in [0, 0.05) is 6.20 Å². The number of nitrogens with two attached hydrogens (primary N) is 1. The van der Waals surface area contributed by atoms with Gasteiger partial charge in [-0.1, -0.05) is 32.1 Å². The predicted octanol–water partition coefficient (Wildman–Crippen LogP) is 3.84. The molecule has 0 aliphatic carbocycles. The van der Waals surface area contributed by atoms with E-state index in [1.165, 1.54) is 0 Å². The molecule has 0 aromatic heterocycles. The highest BCUT2D eigenvalue weighted by molar-refractivity contribution is 6.08. The lowest BCUT2D eigenvalue weighted by Crippen LogP contribution is -2.11. The molecule has 3 heteroatoms. The Morgan fingerprint density at radius 2 is 1.71 bits per heavy atom. The van der Waals surface area contributed by atoms with Gasteiger partial charge in [-0.05, 0) is 39.3 Å². The molecule has 0 saturated heterocycles. The van der Waals surface area contributed by atoms with Crippen molar-refractivity contribution in [1.29, 1.82) is 0 Å². The monoisotopic (exact) mass is 235 g/mol. The predicted molar refractivity (Wildman–Crippen MR) is 79.5 cm³/mol. The van der Waals surface area contributed by atoms with Crippen LogP contribution in [0, 0.1) is 0 Å². The van der Waals surface area contributed by atoms with E-state index >= 15 is 0 Å². The zero-order valence-corrected chi connectivity index (χ0v) is 11.9. The average molecular weight is 235 g/mol. The number of allylic oxidation sites excluding steroid dienone is 2. The third kappa shape index (κ3) is 10.6. The Hall–Kier alpha value is -1.64. The summed E-state index contributed by atoms with van der Waals surface area (Å²) in [5.41, 5.74) is 7.55. The van der Waals surface area contributed by atoms with E-state index in [1.54, 1.807) is 12.3 Å². The molecule has 0 aromatic carbocycles. The molecule has 0 aliphatic heterocycles. The van der Waals surface area contributed by atoms with Crippen LogP contribution in [-0.2, 0) is 0 Å². The maximum Gasteiger partial charge on any atom is 0.156 e. The van der Waals surface area contributed by atoms with Gasteiger partial charge in [0.25, 0.3) is 0 Å². The van der Waals surface area contributed by atoms with E-state index in [1.807, 2.05) is 47.6 Å². The zero-order valence-electron chi connectivity index (χ0n) is 11.9. The smallest absolute Gasteiger partial charge is 0.156 e. The fraction of sp³-hybridized carbons (Fsp3) is 0.429. The highest BCUT2D eigenvalue weighted by atomic mass is 15.0. The molecule has 2 N–H and O–H groups in total. The van der Waals surface area contributed by atoms with E-state index in [4.69, 9.17) is 5.73 Å². The van der Waals surface area contributed by atoms with Crippen molar-refractivity contribution in [3.05, 3.63) is 36.1 Å². The van der Waals surface area contributed by atoms with Crippen LogP contribution in [0.2, 0.25) is 0 Å². The summed E-state index contributed by atoms with van der Waals surface area (Å²) in [4.78, 5) is 8.35. The van der Waals surface area contributed by atoms with Gasteiger partial charge in [0.05, 0.1) is 0 Å². The Labute approximate surface area is 106 Å². The van der Waals surface area contributed by atoms with Gasteiger partial charge in [-0.2, -0.15) is 0 Å². The first-order chi connectivity index (χ1) is 7.97. The van der Waals surface area contributed by atoms with Crippen molar-refractivity contribution < 1.29 is 0 Å². The lowest BCUT2D eigenvalue weighted by atomic mass is 10.3. The summed E-state index contributed by atoms with van der Waals surface area (Å²) in [6.45, 7) is 15.5. The van der Waals surface area contributed by atoms with Crippen LogP contribution in [0.4, 0.5) is 0 Å². The maximum absolute atomic E-state index is 5.65. The number of nitrogens with zero attached hydrogens (tertiary/aromatic N) is 2. The first-order valence-corrected chi connectivity index (χ1v) is 5.81. The van der Waals surface area contributed by atoms with E-state index in [-0.39, 0.29) is 0 Å². The van der Waals surface area contributed by atoms with Gasteiger partial charge in [-0.15, -0.1) is 0 Å². The topological polar surface area (TPSA) is 50.7 Å². The largest absolute Gasteiger partial charge is 0.384 e. The number of hydrogen-bond donors (Lipinski definition) is 1. The minimum Gasteiger partial charge on any atom is -0.384 e. The van der Waals surface area contributed by atoms with Crippen molar-refractivity contribution in [3.63, 3.8) is 0 Å². The van der Waals surface area contributed by atoms with Gasteiger partial charge in [0.2, 0.25) is 0 Å². The van der Waals surface area contributed by atoms with Crippen LogP contribution in [0.25, 0.3) is 0 Å². The molecule has 3 nitrogen and oxygen atoms in total. The minimum absolute atomic E-state index is 0.432. The second kappa shape index (κ2) is 10.9. The first kappa shape index (κ1) is 17.7. The van der Waals surface area contributed by atoms with E-state index in [9.17, 15) is 0 Å². The van der Waals surface area contributed by atoms with Gasteiger partial charge < -0.3 is 5.73 Å². The maximum atomic E-state index is 5.65. The molecule has 0 bridgehead atoms. The van der Waals surface area contributed by atoms with Crippen molar-refractivity contribution in [3.8, 4) is 0 Å². The quantitative estimate of drug-likeness (QED) is 0.586. The summed E-state index contributed by atoms with van der Waals surface area (Å²) in [6.07, 6.45) is 5.30. The SMILES string of the molecule is C=C(C)C(N=C(N)/C=C\C)=NC=C(C)C.CC. The van der Waals surface area contributed by atoms with Crippen molar-refractivity contribution >= 4 is 11.7 Å². The highest BCUT2D eigenvalue weighted by Crippen LogP contribution is 1.99. The number of hydrogen-bond acceptors (Lipinski definition) is 1. The summed E-state index contributed by atoms with van der Waals surface area (Å²) >= 11 is 0. The Balaban J connectivity index is 0. The third-order valence-electron chi connectivity index (χ3n) is 1.40. The molecule has 0 amide bonds. The molecule has 17 heavy (non-hydrogen) atoms. The van der Waals surface area contributed by atoms with Gasteiger partial charge in [-0.25, -0.2) is 9.98 Å². The number of rotatable bonds is 3. The minimum atomic E-state index is 0.432. The Bertz CT molecular complexity index is 340. The van der Waals surface area contributed by atoms with E-state index in [0.717, 1.165) is 11.1 Å². The third-order valence-corrected chi connectivity index (χ3v) is 1.40. The van der Waals surface area contributed by atoms with Crippen LogP contribution in [-0.4, -0.2) is 11.7 Å². The molecule has 0 spiro atoms. The van der Waals surface area contributed by atoms with Crippen molar-refractivity contribution in [2.45, 2.75) is 41.5 Å². The molecular weight excluding hydrogens is 210 g/mol. The fourth-order valence-electron chi connectivity index (χ4n) is 0.755. The van der Waals surface area contributed by atoms with Crippen molar-refractivity contribution in [2.75, 3.05) is 0 Å². The van der Waals surface area contributed by atoms with Crippen molar-refractivity contribution in [1.82, 2.24) is 0 Å². The second-order valence-electron chi connectivity index (χ2n) is 3.48. The molecule has 0 aromatic rings. The first-order valence-electron chi connectivity index (χ1n) is 5.81. The standard InChI is InChI=1S/C12H19N3.C2H6/c1-6-7-11(13)15-12(10(4)5)14-8-9(2)3;1-2/h6-8H,4H2,1-3,5H3,(H2,13,14,15);1-2H3/b7-6-;. The molecule has 96 valence electrons. The van der Waals surface area contributed by atoms with Crippen LogP contribution in [0.3, 0.4) is 0 Å². The van der Waals surface area contributed by atoms with Gasteiger partial charge in [-0.3, -0.25) is 0 Å². The van der Waals surface area contributed by atoms with Crippen molar-refractivity contribution in [2.24, 2.45) is 15.7 Å². The van der Waals surface area contributed by atoms with Crippen LogP contribution in [0.1, 0.15) is 41.5 Å². The number of aliphatic imine (C=N–C) groups is 2. The molecule has 0 atom stereocenters. The zero-order chi connectivity index (χ0) is 13.8. The van der Waals surface area contributed by atoms with Crippen LogP contribution in [0.5, 0.6) is 0 Å². The van der Waals surface area contributed by atoms with Gasteiger partial charge in [0.1, 0.15) is 5.84 Å². The molecular formula is C14H25N3. The Morgan fingerprint density at radius 1 is 1.18 bits per heavy atom. The normalized spacial score (nSPS) is 11.9. The second-order valence-corrected chi connectivity index (χ2v) is 3.48. The van der Waals surface area contributed by atoms with Crippen LogP contribution < -0.4 is 5.73 Å². The molecule has 0 saturated carbocycles. The Kier molecular flexibility index (Phi) is 11.3. The van der Waals surface area contributed by atoms with Crippen LogP contribution >= 0.6 is 0 Å². The van der Waals surface area contributed by atoms with E-state index in [0.29, 0.717) is 11.7 Å². The van der Waals surface area contributed by atoms with Crippen LogP contribution in [0.15, 0.2) is 46.1 Å². The number of amidine groups is 2. The summed E-state index contributed by atoms with van der Waals surface area (Å²) in [7, 11) is 0. The van der Waals surface area contributed by atoms with E-state index in [2.05, 4.69) is 16.6 Å². The molecule has 0 rings (SSSR count). The molecule has 0 aliphatic rings. The molecule has 0 unspecified atom stereocenters. The molecule has 0 heterocycles. The van der Waals surface area contributed by atoms with Gasteiger partial charge in [0.15, 0.2) is 5.84 Å². The summed E-state index contributed by atoms with van der Waals surface area (Å²) in [5, 5.41) is 0. The summed E-state index contributed by atoms with van der Waals surface area (Å²) in [5.74, 6) is 0.994. The lowest BCUT2D eigenvalue weighted by Gasteiger charge is -1.99. The Morgan fingerprint density at radius 3 is 2.06 bits per heavy atom. The fourth-order valence-corrected chi connectivity index (χ4v) is 0.755. The highest BCUT2D eigenvalue weighted by Gasteiger charge is 1.96. The van der Waals surface area contributed by atoms with Gasteiger partial charge >= 0.3 is 0 Å². The lowest BCUT2D eigenvalue weighted by molar-refractivity contribution is 1.32. The van der Waals surface area contributed by atoms with E-state index < -0.39 is 0 Å². The average Bonchev–Trinajstić information content (AvgIpc) is 2.26. The molecule has 0 radical (unpaired) electrons.